The number of ether oxygens (including phenoxy) is 2. The van der Waals surface area contributed by atoms with Crippen LogP contribution in [-0.2, 0) is 9.53 Å². The zero-order valence-corrected chi connectivity index (χ0v) is 14.1. The van der Waals surface area contributed by atoms with Gasteiger partial charge in [-0.2, -0.15) is 0 Å². The van der Waals surface area contributed by atoms with E-state index in [4.69, 9.17) is 26.8 Å². The van der Waals surface area contributed by atoms with Crippen LogP contribution in [0.15, 0.2) is 29.6 Å². The number of carbonyl (C=O) groups excluding carboxylic acids is 3. The normalized spacial score (nSPS) is 10.1. The largest absolute Gasteiger partial charge is 0.496 e. The number of hydrogen-bond acceptors (Lipinski definition) is 6. The molecule has 2 amide bonds. The van der Waals surface area contributed by atoms with Gasteiger partial charge in [-0.3, -0.25) is 9.59 Å². The summed E-state index contributed by atoms with van der Waals surface area (Å²) in [5.74, 6) is -1.74. The number of nitrogens with two attached hydrogens (primary N) is 1. The van der Waals surface area contributed by atoms with E-state index in [0.717, 1.165) is 11.3 Å². The molecule has 0 spiro atoms. The molecule has 0 saturated carbocycles. The van der Waals surface area contributed by atoms with E-state index in [1.54, 1.807) is 11.4 Å². The molecule has 0 saturated heterocycles. The third kappa shape index (κ3) is 4.24. The van der Waals surface area contributed by atoms with Crippen molar-refractivity contribution in [2.24, 2.45) is 5.73 Å². The van der Waals surface area contributed by atoms with Crippen molar-refractivity contribution in [2.45, 2.75) is 0 Å². The molecule has 0 unspecified atom stereocenters. The molecular formula is C15H13ClN2O5S. The van der Waals surface area contributed by atoms with Gasteiger partial charge in [-0.1, -0.05) is 11.6 Å². The number of carbonyl (C=O) groups is 3. The van der Waals surface area contributed by atoms with Crippen LogP contribution >= 0.6 is 22.9 Å². The molecule has 7 nitrogen and oxygen atoms in total. The average molecular weight is 369 g/mol. The number of benzene rings is 1. The van der Waals surface area contributed by atoms with Crippen LogP contribution in [0.5, 0.6) is 5.75 Å². The predicted molar refractivity (Wildman–Crippen MR) is 89.8 cm³/mol. The Morgan fingerprint density at radius 2 is 2.00 bits per heavy atom. The van der Waals surface area contributed by atoms with E-state index in [1.165, 1.54) is 25.3 Å². The van der Waals surface area contributed by atoms with Crippen LogP contribution in [0, 0.1) is 0 Å². The summed E-state index contributed by atoms with van der Waals surface area (Å²) in [5, 5.41) is 4.70. The molecule has 0 radical (unpaired) electrons. The number of methoxy groups -OCH3 is 1. The van der Waals surface area contributed by atoms with Crippen molar-refractivity contribution >= 4 is 45.7 Å². The van der Waals surface area contributed by atoms with Gasteiger partial charge in [-0.15, -0.1) is 11.3 Å². The fraction of sp³-hybridized carbons (Fsp3) is 0.133. The van der Waals surface area contributed by atoms with Crippen LogP contribution < -0.4 is 15.8 Å². The van der Waals surface area contributed by atoms with Crippen molar-refractivity contribution in [3.8, 4) is 5.75 Å². The Morgan fingerprint density at radius 1 is 1.25 bits per heavy atom. The van der Waals surface area contributed by atoms with E-state index in [1.807, 2.05) is 0 Å². The van der Waals surface area contributed by atoms with Crippen molar-refractivity contribution in [2.75, 3.05) is 19.0 Å². The minimum absolute atomic E-state index is 0.103. The molecule has 2 rings (SSSR count). The maximum absolute atomic E-state index is 12.0. The van der Waals surface area contributed by atoms with Gasteiger partial charge in [0.25, 0.3) is 11.8 Å². The topological polar surface area (TPSA) is 108 Å². The molecule has 0 aliphatic rings. The fourth-order valence-corrected chi connectivity index (χ4v) is 2.79. The Balaban J connectivity index is 1.99. The highest BCUT2D eigenvalue weighted by Crippen LogP contribution is 2.24. The highest BCUT2D eigenvalue weighted by Gasteiger charge is 2.17. The molecule has 0 atom stereocenters. The first-order valence-electron chi connectivity index (χ1n) is 6.60. The monoisotopic (exact) mass is 368 g/mol. The molecule has 9 heteroatoms. The smallest absolute Gasteiger partial charge is 0.342 e. The molecule has 126 valence electrons. The number of primary amides is 1. The van der Waals surface area contributed by atoms with Crippen LogP contribution in [0.4, 0.5) is 5.00 Å². The van der Waals surface area contributed by atoms with Crippen LogP contribution in [-0.4, -0.2) is 31.5 Å². The number of hydrogen-bond donors (Lipinski definition) is 2. The molecule has 0 aliphatic carbocycles. The fourth-order valence-electron chi connectivity index (χ4n) is 1.81. The van der Waals surface area contributed by atoms with E-state index in [9.17, 15) is 14.4 Å². The van der Waals surface area contributed by atoms with Crippen LogP contribution in [0.2, 0.25) is 5.02 Å². The van der Waals surface area contributed by atoms with Gasteiger partial charge in [0, 0.05) is 5.02 Å². The summed E-state index contributed by atoms with van der Waals surface area (Å²) in [4.78, 5) is 35.1. The van der Waals surface area contributed by atoms with Gasteiger partial charge in [0.15, 0.2) is 6.61 Å². The molecule has 3 N–H and O–H groups in total. The van der Waals surface area contributed by atoms with Crippen molar-refractivity contribution < 1.29 is 23.9 Å². The van der Waals surface area contributed by atoms with Gasteiger partial charge in [0.05, 0.1) is 12.7 Å². The van der Waals surface area contributed by atoms with E-state index >= 15 is 0 Å². The molecular weight excluding hydrogens is 356 g/mol. The summed E-state index contributed by atoms with van der Waals surface area (Å²) in [6, 6.07) is 5.95. The Morgan fingerprint density at radius 3 is 2.67 bits per heavy atom. The van der Waals surface area contributed by atoms with E-state index in [-0.39, 0.29) is 16.9 Å². The minimum atomic E-state index is -0.759. The summed E-state index contributed by atoms with van der Waals surface area (Å²) in [5.41, 5.74) is 5.48. The second-order valence-corrected chi connectivity index (χ2v) is 5.85. The summed E-state index contributed by atoms with van der Waals surface area (Å²) < 4.78 is 9.98. The summed E-state index contributed by atoms with van der Waals surface area (Å²) in [6.45, 7) is -0.537. The highest BCUT2D eigenvalue weighted by molar-refractivity contribution is 7.14. The molecule has 0 aliphatic heterocycles. The Bertz CT molecular complexity index is 790. The highest BCUT2D eigenvalue weighted by atomic mass is 35.5. The number of anilines is 1. The average Bonchev–Trinajstić information content (AvgIpc) is 3.00. The van der Waals surface area contributed by atoms with Gasteiger partial charge < -0.3 is 20.5 Å². The van der Waals surface area contributed by atoms with Crippen LogP contribution in [0.25, 0.3) is 0 Å². The molecule has 0 bridgehead atoms. The maximum atomic E-state index is 12.0. The maximum Gasteiger partial charge on any atom is 0.342 e. The summed E-state index contributed by atoms with van der Waals surface area (Å²) in [7, 11) is 1.40. The minimum Gasteiger partial charge on any atom is -0.496 e. The third-order valence-electron chi connectivity index (χ3n) is 2.90. The van der Waals surface area contributed by atoms with Gasteiger partial charge in [-0.05, 0) is 29.6 Å². The van der Waals surface area contributed by atoms with E-state index in [0.29, 0.717) is 10.0 Å². The second-order valence-electron chi connectivity index (χ2n) is 4.50. The zero-order chi connectivity index (χ0) is 17.7. The lowest BCUT2D eigenvalue weighted by Gasteiger charge is -2.09. The van der Waals surface area contributed by atoms with Gasteiger partial charge in [-0.25, -0.2) is 4.79 Å². The zero-order valence-electron chi connectivity index (χ0n) is 12.5. The number of rotatable bonds is 6. The van der Waals surface area contributed by atoms with Gasteiger partial charge in [0.2, 0.25) is 0 Å². The lowest BCUT2D eigenvalue weighted by atomic mass is 10.2. The summed E-state index contributed by atoms with van der Waals surface area (Å²) in [6.07, 6.45) is 0. The quantitative estimate of drug-likeness (QED) is 0.760. The summed E-state index contributed by atoms with van der Waals surface area (Å²) >= 11 is 6.97. The first-order chi connectivity index (χ1) is 11.4. The molecule has 0 fully saturated rings. The van der Waals surface area contributed by atoms with Crippen molar-refractivity contribution in [3.63, 3.8) is 0 Å². The lowest BCUT2D eigenvalue weighted by Crippen LogP contribution is -2.22. The Kier molecular flexibility index (Phi) is 5.78. The standard InChI is InChI=1S/C15H13ClN2O5S/c1-22-11-3-2-8(16)6-10(11)15(21)23-7-12(19)18-14-9(13(17)20)4-5-24-14/h2-6H,7H2,1H3,(H2,17,20)(H,18,19). The van der Waals surface area contributed by atoms with Crippen molar-refractivity contribution in [3.05, 3.63) is 45.8 Å². The van der Waals surface area contributed by atoms with Crippen molar-refractivity contribution in [1.29, 1.82) is 0 Å². The first-order valence-corrected chi connectivity index (χ1v) is 7.86. The third-order valence-corrected chi connectivity index (χ3v) is 3.96. The second kappa shape index (κ2) is 7.80. The number of thiophene rings is 1. The number of esters is 1. The molecule has 1 heterocycles. The molecule has 2 aromatic rings. The molecule has 1 aromatic carbocycles. The molecule has 24 heavy (non-hydrogen) atoms. The van der Waals surface area contributed by atoms with Crippen LogP contribution in [0.1, 0.15) is 20.7 Å². The van der Waals surface area contributed by atoms with E-state index in [2.05, 4.69) is 5.32 Å². The number of nitrogens with one attached hydrogen (secondary N) is 1. The predicted octanol–water partition coefficient (Wildman–Crippen LogP) is 2.30. The van der Waals surface area contributed by atoms with Gasteiger partial charge in [0.1, 0.15) is 16.3 Å². The lowest BCUT2D eigenvalue weighted by molar-refractivity contribution is -0.119. The van der Waals surface area contributed by atoms with E-state index < -0.39 is 24.4 Å². The van der Waals surface area contributed by atoms with Crippen LogP contribution in [0.3, 0.4) is 0 Å². The molecule has 1 aromatic heterocycles. The Labute approximate surface area is 146 Å². The number of amides is 2. The SMILES string of the molecule is COc1ccc(Cl)cc1C(=O)OCC(=O)Nc1sccc1C(N)=O. The first kappa shape index (κ1) is 17.8. The van der Waals surface area contributed by atoms with Gasteiger partial charge >= 0.3 is 5.97 Å². The number of halogens is 1. The van der Waals surface area contributed by atoms with Crippen molar-refractivity contribution in [1.82, 2.24) is 0 Å². The Hall–Kier alpha value is -2.58.